The molecule has 7 heteroatoms. The smallest absolute Gasteiger partial charge is 0.395 e. The van der Waals surface area contributed by atoms with Gasteiger partial charge < -0.3 is 22.1 Å². The Labute approximate surface area is 120 Å². The number of hydrogen-bond donors (Lipinski definition) is 0. The van der Waals surface area contributed by atoms with E-state index >= 15 is 0 Å². The van der Waals surface area contributed by atoms with E-state index in [1.165, 1.54) is 0 Å². The van der Waals surface area contributed by atoms with E-state index in [1.807, 2.05) is 34.6 Å². The van der Waals surface area contributed by atoms with Crippen LogP contribution in [0.3, 0.4) is 0 Å². The molecule has 19 heavy (non-hydrogen) atoms. The molecule has 0 aromatic carbocycles. The zero-order valence-corrected chi connectivity index (χ0v) is 15.3. The lowest BCUT2D eigenvalue weighted by molar-refractivity contribution is 0.0706. The fraction of sp³-hybridized carbons (Fsp3) is 1.00. The van der Waals surface area contributed by atoms with E-state index in [2.05, 4.69) is 6.55 Å². The molecule has 0 fully saturated rings. The summed E-state index contributed by atoms with van der Waals surface area (Å²) in [6, 6.07) is 0. The third kappa shape index (κ3) is 6.98. The normalized spacial score (nSPS) is 12.9. The van der Waals surface area contributed by atoms with Gasteiger partial charge >= 0.3 is 17.4 Å². The minimum absolute atomic E-state index is 0.578. The Bertz CT molecular complexity index is 205. The van der Waals surface area contributed by atoms with E-state index in [0.29, 0.717) is 38.7 Å². The van der Waals surface area contributed by atoms with Crippen molar-refractivity contribution in [3.63, 3.8) is 0 Å². The van der Waals surface area contributed by atoms with Gasteiger partial charge in [-0.1, -0.05) is 0 Å². The fourth-order valence-corrected chi connectivity index (χ4v) is 10.1. The molecule has 0 radical (unpaired) electrons. The summed E-state index contributed by atoms with van der Waals surface area (Å²) in [6.45, 7) is 14.9. The number of hydrogen-bond acceptors (Lipinski definition) is 5. The maximum atomic E-state index is 5.88. The van der Waals surface area contributed by atoms with Crippen molar-refractivity contribution in [1.29, 1.82) is 0 Å². The minimum atomic E-state index is -2.69. The summed E-state index contributed by atoms with van der Waals surface area (Å²) in [5.74, 6) is 0. The molecular formula is C12H30O5Si2. The molecule has 116 valence electrons. The van der Waals surface area contributed by atoms with Crippen molar-refractivity contribution < 1.29 is 22.1 Å². The summed E-state index contributed by atoms with van der Waals surface area (Å²) in [4.78, 5) is 0. The Morgan fingerprint density at radius 2 is 0.895 bits per heavy atom. The van der Waals surface area contributed by atoms with Crippen LogP contribution in [-0.4, -0.2) is 50.4 Å². The van der Waals surface area contributed by atoms with E-state index in [1.54, 1.807) is 0 Å². The Morgan fingerprint density at radius 1 is 0.579 bits per heavy atom. The topological polar surface area (TPSA) is 46.2 Å². The first-order valence-corrected chi connectivity index (χ1v) is 11.7. The third-order valence-electron chi connectivity index (χ3n) is 2.53. The lowest BCUT2D eigenvalue weighted by atomic mass is 10.9. The van der Waals surface area contributed by atoms with Crippen molar-refractivity contribution >= 4 is 17.4 Å². The first kappa shape index (κ1) is 19.2. The average Bonchev–Trinajstić information content (AvgIpc) is 2.30. The van der Waals surface area contributed by atoms with Crippen molar-refractivity contribution in [2.24, 2.45) is 0 Å². The number of rotatable bonds is 12. The maximum Gasteiger partial charge on any atom is 0.502 e. The highest BCUT2D eigenvalue weighted by atomic mass is 28.4. The van der Waals surface area contributed by atoms with E-state index in [-0.39, 0.29) is 0 Å². The summed E-state index contributed by atoms with van der Waals surface area (Å²) < 4.78 is 29.4. The monoisotopic (exact) mass is 310 g/mol. The van der Waals surface area contributed by atoms with Gasteiger partial charge in [-0.3, -0.25) is 0 Å². The summed E-state index contributed by atoms with van der Waals surface area (Å²) in [7, 11) is -5.00. The van der Waals surface area contributed by atoms with Gasteiger partial charge in [-0.25, -0.2) is 0 Å². The molecule has 0 spiro atoms. The zero-order chi connectivity index (χ0) is 14.8. The van der Waals surface area contributed by atoms with Crippen LogP contribution in [0.4, 0.5) is 0 Å². The van der Waals surface area contributed by atoms with E-state index in [0.717, 1.165) is 0 Å². The van der Waals surface area contributed by atoms with Gasteiger partial charge in [-0.2, -0.15) is 0 Å². The van der Waals surface area contributed by atoms with Crippen molar-refractivity contribution in [2.45, 2.75) is 46.8 Å². The van der Waals surface area contributed by atoms with Gasteiger partial charge in [0.05, 0.1) is 5.67 Å². The lowest BCUT2D eigenvalue weighted by Crippen LogP contribution is -2.55. The van der Waals surface area contributed by atoms with Gasteiger partial charge in [0.2, 0.25) is 0 Å². The highest BCUT2D eigenvalue weighted by Gasteiger charge is 2.50. The Balaban J connectivity index is 4.99. The average molecular weight is 311 g/mol. The highest BCUT2D eigenvalue weighted by Crippen LogP contribution is 2.25. The Hall–Kier alpha value is 0.234. The SMILES string of the molecule is CCO[Si](C)(C[Si](OCC)(OCC)OCC)OCC. The minimum Gasteiger partial charge on any atom is -0.395 e. The standard InChI is InChI=1S/C12H30O5Si2/c1-7-13-18(6,14-8-2)12-19(15-9-3,16-10-4)17-11-5/h7-12H2,1-6H3. The lowest BCUT2D eigenvalue weighted by Gasteiger charge is -2.35. The molecule has 0 bridgehead atoms. The molecule has 0 N–H and O–H groups in total. The molecule has 0 aromatic rings. The third-order valence-corrected chi connectivity index (χ3v) is 10.8. The predicted molar refractivity (Wildman–Crippen MR) is 80.3 cm³/mol. The van der Waals surface area contributed by atoms with Crippen molar-refractivity contribution in [3.05, 3.63) is 0 Å². The molecule has 0 aliphatic carbocycles. The van der Waals surface area contributed by atoms with Crippen molar-refractivity contribution in [3.8, 4) is 0 Å². The second-order valence-corrected chi connectivity index (χ2v) is 10.6. The Kier molecular flexibility index (Phi) is 10.2. The summed E-state index contributed by atoms with van der Waals surface area (Å²) >= 11 is 0. The highest BCUT2D eigenvalue weighted by molar-refractivity contribution is 6.82. The predicted octanol–water partition coefficient (Wildman–Crippen LogP) is 2.72. The van der Waals surface area contributed by atoms with Crippen LogP contribution in [0.5, 0.6) is 0 Å². The molecule has 0 amide bonds. The molecule has 0 rings (SSSR count). The summed E-state index contributed by atoms with van der Waals surface area (Å²) in [5, 5.41) is 0. The second-order valence-electron chi connectivity index (χ2n) is 4.16. The van der Waals surface area contributed by atoms with Crippen LogP contribution < -0.4 is 0 Å². The van der Waals surface area contributed by atoms with Crippen LogP contribution in [0.2, 0.25) is 12.2 Å². The van der Waals surface area contributed by atoms with Gasteiger partial charge in [0.15, 0.2) is 0 Å². The van der Waals surface area contributed by atoms with Gasteiger partial charge in [0.25, 0.3) is 0 Å². The summed E-state index contributed by atoms with van der Waals surface area (Å²) in [6.07, 6.45) is 0. The fourth-order valence-electron chi connectivity index (χ4n) is 2.09. The van der Waals surface area contributed by atoms with Crippen molar-refractivity contribution in [2.75, 3.05) is 33.0 Å². The van der Waals surface area contributed by atoms with Gasteiger partial charge in [0, 0.05) is 33.0 Å². The van der Waals surface area contributed by atoms with Crippen LogP contribution in [0.15, 0.2) is 0 Å². The molecule has 0 aromatic heterocycles. The molecule has 0 heterocycles. The van der Waals surface area contributed by atoms with Crippen LogP contribution >= 0.6 is 0 Å². The molecule has 5 nitrogen and oxygen atoms in total. The summed E-state index contributed by atoms with van der Waals surface area (Å²) in [5.41, 5.74) is 0.636. The van der Waals surface area contributed by atoms with Gasteiger partial charge in [-0.15, -0.1) is 0 Å². The van der Waals surface area contributed by atoms with Crippen molar-refractivity contribution in [1.82, 2.24) is 0 Å². The molecule has 0 saturated heterocycles. The first-order valence-electron chi connectivity index (χ1n) is 7.21. The molecule has 0 saturated carbocycles. The van der Waals surface area contributed by atoms with Crippen LogP contribution in [0, 0.1) is 0 Å². The molecule has 0 unspecified atom stereocenters. The van der Waals surface area contributed by atoms with E-state index in [9.17, 15) is 0 Å². The molecule has 0 aliphatic heterocycles. The zero-order valence-electron chi connectivity index (χ0n) is 13.3. The van der Waals surface area contributed by atoms with Gasteiger partial charge in [0.1, 0.15) is 0 Å². The van der Waals surface area contributed by atoms with E-state index in [4.69, 9.17) is 22.1 Å². The second kappa shape index (κ2) is 10.0. The van der Waals surface area contributed by atoms with Crippen LogP contribution in [-0.2, 0) is 22.1 Å². The van der Waals surface area contributed by atoms with Crippen LogP contribution in [0.1, 0.15) is 34.6 Å². The molecular weight excluding hydrogens is 280 g/mol. The maximum absolute atomic E-state index is 5.88. The first-order chi connectivity index (χ1) is 9.01. The Morgan fingerprint density at radius 3 is 1.16 bits per heavy atom. The largest absolute Gasteiger partial charge is 0.502 e. The molecule has 0 atom stereocenters. The van der Waals surface area contributed by atoms with E-state index < -0.39 is 17.4 Å². The quantitative estimate of drug-likeness (QED) is 0.519. The van der Waals surface area contributed by atoms with Crippen LogP contribution in [0.25, 0.3) is 0 Å². The molecule has 0 aliphatic rings. The van der Waals surface area contributed by atoms with Gasteiger partial charge in [-0.05, 0) is 41.2 Å².